The highest BCUT2D eigenvalue weighted by atomic mass is 35.5. The van der Waals surface area contributed by atoms with Gasteiger partial charge in [-0.05, 0) is 31.5 Å². The van der Waals surface area contributed by atoms with Crippen molar-refractivity contribution in [3.05, 3.63) is 28.8 Å². The molecule has 1 aromatic carbocycles. The van der Waals surface area contributed by atoms with Crippen molar-refractivity contribution in [3.8, 4) is 0 Å². The van der Waals surface area contributed by atoms with Crippen LogP contribution in [-0.4, -0.2) is 63.6 Å². The molecule has 0 spiro atoms. The highest BCUT2D eigenvalue weighted by molar-refractivity contribution is 7.89. The van der Waals surface area contributed by atoms with E-state index >= 15 is 0 Å². The number of morpholine rings is 1. The number of nitrogens with zero attached hydrogens (tertiary/aromatic N) is 1. The third-order valence-corrected chi connectivity index (χ3v) is 6.49. The monoisotopic (exact) mass is 418 g/mol. The predicted octanol–water partition coefficient (Wildman–Crippen LogP) is 1.43. The van der Waals surface area contributed by atoms with Gasteiger partial charge < -0.3 is 14.8 Å². The Kier molecular flexibility index (Phi) is 7.60. The first-order valence-corrected chi connectivity index (χ1v) is 10.4. The molecule has 0 bridgehead atoms. The summed E-state index contributed by atoms with van der Waals surface area (Å²) in [6, 6.07) is 3.82. The van der Waals surface area contributed by atoms with Crippen LogP contribution in [0.5, 0.6) is 0 Å². The van der Waals surface area contributed by atoms with Gasteiger partial charge in [0, 0.05) is 19.1 Å². The van der Waals surface area contributed by atoms with E-state index in [-0.39, 0.29) is 34.6 Å². The molecular weight excluding hydrogens is 396 g/mol. The number of carbonyl (C=O) groups excluding carboxylic acids is 2. The van der Waals surface area contributed by atoms with Gasteiger partial charge in [-0.2, -0.15) is 4.31 Å². The van der Waals surface area contributed by atoms with E-state index in [1.807, 2.05) is 13.8 Å². The summed E-state index contributed by atoms with van der Waals surface area (Å²) in [4.78, 5) is 23.7. The van der Waals surface area contributed by atoms with Crippen LogP contribution in [0.2, 0.25) is 5.02 Å². The fourth-order valence-corrected chi connectivity index (χ4v) is 4.30. The Balaban J connectivity index is 2.12. The Morgan fingerprint density at radius 1 is 1.33 bits per heavy atom. The van der Waals surface area contributed by atoms with Gasteiger partial charge in [0.05, 0.1) is 23.8 Å². The van der Waals surface area contributed by atoms with Gasteiger partial charge in [-0.25, -0.2) is 13.2 Å². The summed E-state index contributed by atoms with van der Waals surface area (Å²) in [5.74, 6) is -1.22. The van der Waals surface area contributed by atoms with Gasteiger partial charge in [0.2, 0.25) is 10.0 Å². The lowest BCUT2D eigenvalue weighted by atomic mass is 10.2. The minimum absolute atomic E-state index is 0.00238. The minimum atomic E-state index is -3.86. The van der Waals surface area contributed by atoms with E-state index < -0.39 is 28.5 Å². The first-order valence-electron chi connectivity index (χ1n) is 8.59. The van der Waals surface area contributed by atoms with Gasteiger partial charge in [-0.1, -0.05) is 18.5 Å². The Labute approximate surface area is 163 Å². The van der Waals surface area contributed by atoms with Crippen LogP contribution in [0.15, 0.2) is 23.1 Å². The number of amides is 1. The van der Waals surface area contributed by atoms with E-state index in [0.29, 0.717) is 13.2 Å². The van der Waals surface area contributed by atoms with Gasteiger partial charge in [0.15, 0.2) is 6.61 Å². The summed E-state index contributed by atoms with van der Waals surface area (Å²) >= 11 is 6.05. The fourth-order valence-electron chi connectivity index (χ4n) is 2.39. The second-order valence-corrected chi connectivity index (χ2v) is 8.43. The number of hydrogen-bond acceptors (Lipinski definition) is 6. The molecule has 2 rings (SSSR count). The summed E-state index contributed by atoms with van der Waals surface area (Å²) in [6.45, 7) is 4.32. The van der Waals surface area contributed by atoms with Crippen LogP contribution in [0.1, 0.15) is 30.6 Å². The molecule has 8 nitrogen and oxygen atoms in total. The zero-order valence-electron chi connectivity index (χ0n) is 15.2. The average Bonchev–Trinajstić information content (AvgIpc) is 2.66. The molecule has 27 heavy (non-hydrogen) atoms. The van der Waals surface area contributed by atoms with Crippen LogP contribution in [0.4, 0.5) is 0 Å². The summed E-state index contributed by atoms with van der Waals surface area (Å²) in [7, 11) is -3.86. The van der Waals surface area contributed by atoms with Crippen molar-refractivity contribution in [1.29, 1.82) is 0 Å². The van der Waals surface area contributed by atoms with Gasteiger partial charge in [0.25, 0.3) is 5.91 Å². The van der Waals surface area contributed by atoms with Crippen molar-refractivity contribution in [1.82, 2.24) is 9.62 Å². The lowest BCUT2D eigenvalue weighted by molar-refractivity contribution is -0.124. The highest BCUT2D eigenvalue weighted by Crippen LogP contribution is 2.26. The molecule has 10 heteroatoms. The van der Waals surface area contributed by atoms with Crippen LogP contribution < -0.4 is 5.32 Å². The number of halogens is 1. The summed E-state index contributed by atoms with van der Waals surface area (Å²) in [5, 5.41) is 2.68. The molecule has 1 aromatic rings. The maximum atomic E-state index is 12.8. The Bertz CT molecular complexity index is 793. The smallest absolute Gasteiger partial charge is 0.338 e. The Hall–Kier alpha value is -1.68. The molecule has 0 saturated carbocycles. The third kappa shape index (κ3) is 5.65. The second-order valence-electron chi connectivity index (χ2n) is 6.11. The van der Waals surface area contributed by atoms with Crippen molar-refractivity contribution in [3.63, 3.8) is 0 Å². The molecule has 0 aromatic heterocycles. The quantitative estimate of drug-likeness (QED) is 0.672. The molecule has 0 radical (unpaired) electrons. The zero-order valence-corrected chi connectivity index (χ0v) is 16.8. The molecule has 1 atom stereocenters. The number of nitrogens with one attached hydrogen (secondary N) is 1. The molecule has 1 aliphatic rings. The van der Waals surface area contributed by atoms with E-state index in [1.54, 1.807) is 0 Å². The highest BCUT2D eigenvalue weighted by Gasteiger charge is 2.29. The van der Waals surface area contributed by atoms with Gasteiger partial charge in [0.1, 0.15) is 4.90 Å². The number of carbonyl (C=O) groups is 2. The first-order chi connectivity index (χ1) is 12.8. The predicted molar refractivity (Wildman–Crippen MR) is 99.2 cm³/mol. The normalized spacial score (nSPS) is 16.6. The van der Waals surface area contributed by atoms with Crippen LogP contribution in [0.25, 0.3) is 0 Å². The minimum Gasteiger partial charge on any atom is -0.452 e. The summed E-state index contributed by atoms with van der Waals surface area (Å²) < 4.78 is 36.9. The number of ether oxygens (including phenoxy) is 2. The van der Waals surface area contributed by atoms with Crippen LogP contribution in [0, 0.1) is 0 Å². The largest absolute Gasteiger partial charge is 0.452 e. The molecule has 1 saturated heterocycles. The zero-order chi connectivity index (χ0) is 20.0. The second kappa shape index (κ2) is 9.50. The van der Waals surface area contributed by atoms with E-state index in [4.69, 9.17) is 21.1 Å². The van der Waals surface area contributed by atoms with Crippen molar-refractivity contribution >= 4 is 33.5 Å². The van der Waals surface area contributed by atoms with E-state index in [9.17, 15) is 18.0 Å². The molecule has 1 heterocycles. The maximum Gasteiger partial charge on any atom is 0.338 e. The summed E-state index contributed by atoms with van der Waals surface area (Å²) in [6.07, 6.45) is 0.750. The van der Waals surface area contributed by atoms with Crippen molar-refractivity contribution in [2.24, 2.45) is 0 Å². The topological polar surface area (TPSA) is 102 Å². The lowest BCUT2D eigenvalue weighted by Crippen LogP contribution is -2.40. The van der Waals surface area contributed by atoms with Crippen LogP contribution in [0.3, 0.4) is 0 Å². The van der Waals surface area contributed by atoms with E-state index in [0.717, 1.165) is 6.42 Å². The maximum absolute atomic E-state index is 12.8. The summed E-state index contributed by atoms with van der Waals surface area (Å²) in [5.41, 5.74) is 0.00238. The number of esters is 1. The SMILES string of the molecule is CC[C@@H](C)NC(=O)COC(=O)c1ccc(Cl)c(S(=O)(=O)N2CCOCC2)c1. The van der Waals surface area contributed by atoms with Gasteiger partial charge in [-0.3, -0.25) is 4.79 Å². The van der Waals surface area contributed by atoms with Gasteiger partial charge >= 0.3 is 5.97 Å². The van der Waals surface area contributed by atoms with Crippen molar-refractivity contribution in [2.45, 2.75) is 31.2 Å². The third-order valence-electron chi connectivity index (χ3n) is 4.11. The molecule has 1 amide bonds. The molecule has 150 valence electrons. The average molecular weight is 419 g/mol. The molecule has 1 aliphatic heterocycles. The lowest BCUT2D eigenvalue weighted by Gasteiger charge is -2.26. The number of rotatable bonds is 7. The fraction of sp³-hybridized carbons (Fsp3) is 0.529. The number of benzene rings is 1. The van der Waals surface area contributed by atoms with Crippen molar-refractivity contribution in [2.75, 3.05) is 32.9 Å². The van der Waals surface area contributed by atoms with Crippen LogP contribution in [-0.2, 0) is 24.3 Å². The molecule has 1 fully saturated rings. The van der Waals surface area contributed by atoms with Gasteiger partial charge in [-0.15, -0.1) is 0 Å². The standard InChI is InChI=1S/C17H23ClN2O6S/c1-3-12(2)19-16(21)11-26-17(22)13-4-5-14(18)15(10-13)27(23,24)20-6-8-25-9-7-20/h4-5,10,12H,3,6-9,11H2,1-2H3,(H,19,21)/t12-/m1/s1. The number of hydrogen-bond donors (Lipinski definition) is 1. The Morgan fingerprint density at radius 2 is 2.00 bits per heavy atom. The van der Waals surface area contributed by atoms with E-state index in [2.05, 4.69) is 5.32 Å². The van der Waals surface area contributed by atoms with E-state index in [1.165, 1.54) is 22.5 Å². The Morgan fingerprint density at radius 3 is 2.63 bits per heavy atom. The molecule has 1 N–H and O–H groups in total. The first kappa shape index (κ1) is 21.6. The van der Waals surface area contributed by atoms with Crippen LogP contribution >= 0.6 is 11.6 Å². The molecule has 0 unspecified atom stereocenters. The number of sulfonamides is 1. The molecule has 0 aliphatic carbocycles. The molecular formula is C17H23ClN2O6S. The van der Waals surface area contributed by atoms with Crippen molar-refractivity contribution < 1.29 is 27.5 Å².